The number of hydrogen-bond donors (Lipinski definition) is 1. The van der Waals surface area contributed by atoms with Crippen LogP contribution in [0, 0.1) is 0 Å². The van der Waals surface area contributed by atoms with Gasteiger partial charge in [-0.15, -0.1) is 16.4 Å². The predicted molar refractivity (Wildman–Crippen MR) is 178 cm³/mol. The van der Waals surface area contributed by atoms with Crippen LogP contribution in [0.1, 0.15) is 51.2 Å². The van der Waals surface area contributed by atoms with Crippen LogP contribution >= 0.6 is 22.9 Å². The van der Waals surface area contributed by atoms with Gasteiger partial charge in [0.15, 0.2) is 5.82 Å². The minimum atomic E-state index is -4.67. The fourth-order valence-corrected chi connectivity index (χ4v) is 6.96. The van der Waals surface area contributed by atoms with E-state index in [9.17, 15) is 27.6 Å². The molecule has 2 aliphatic rings. The topological polar surface area (TPSA) is 136 Å². The number of carbonyl (C=O) groups is 2. The van der Waals surface area contributed by atoms with Gasteiger partial charge in [0.25, 0.3) is 5.56 Å². The zero-order valence-corrected chi connectivity index (χ0v) is 28.8. The van der Waals surface area contributed by atoms with E-state index in [-0.39, 0.29) is 33.2 Å². The van der Waals surface area contributed by atoms with Crippen molar-refractivity contribution < 1.29 is 32.2 Å². The lowest BCUT2D eigenvalue weighted by atomic mass is 10.1. The highest BCUT2D eigenvalue weighted by Gasteiger charge is 2.36. The molecule has 13 nitrogen and oxygen atoms in total. The summed E-state index contributed by atoms with van der Waals surface area (Å²) in [5, 5.41) is 6.89. The van der Waals surface area contributed by atoms with Gasteiger partial charge >= 0.3 is 12.3 Å². The molecule has 262 valence electrons. The van der Waals surface area contributed by atoms with Gasteiger partial charge in [-0.2, -0.15) is 22.7 Å². The predicted octanol–water partition coefficient (Wildman–Crippen LogP) is 5.23. The molecule has 3 aromatic heterocycles. The van der Waals surface area contributed by atoms with Crippen molar-refractivity contribution >= 4 is 67.9 Å². The van der Waals surface area contributed by atoms with Gasteiger partial charge in [0.2, 0.25) is 11.7 Å². The van der Waals surface area contributed by atoms with E-state index in [1.165, 1.54) is 5.51 Å². The maximum Gasteiger partial charge on any atom is 0.417 e. The molecule has 0 atom stereocenters. The number of ether oxygens (including phenoxy) is 2. The average Bonchev–Trinajstić information content (AvgIpc) is 3.71. The van der Waals surface area contributed by atoms with E-state index in [1.807, 2.05) is 17.9 Å². The molecule has 0 spiro atoms. The minimum absolute atomic E-state index is 0.0564. The molecule has 1 fully saturated rings. The molecule has 1 aromatic carbocycles. The molecular weight excluding hydrogens is 689 g/mol. The van der Waals surface area contributed by atoms with Gasteiger partial charge in [-0.1, -0.05) is 24.6 Å². The Morgan fingerprint density at radius 3 is 2.53 bits per heavy atom. The van der Waals surface area contributed by atoms with E-state index < -0.39 is 34.9 Å². The summed E-state index contributed by atoms with van der Waals surface area (Å²) in [6.45, 7) is 8.86. The number of thiazole rings is 1. The third-order valence-corrected chi connectivity index (χ3v) is 9.25. The quantitative estimate of drug-likeness (QED) is 0.284. The highest BCUT2D eigenvalue weighted by Crippen LogP contribution is 2.42. The molecule has 2 amide bonds. The van der Waals surface area contributed by atoms with Crippen molar-refractivity contribution in [2.45, 2.75) is 58.9 Å². The van der Waals surface area contributed by atoms with Crippen LogP contribution in [-0.2, 0) is 33.4 Å². The Labute approximate surface area is 287 Å². The maximum atomic E-state index is 14.1. The standard InChI is InChI=1S/C31H34ClF3N8O5S/c1-5-20-24(40-8-10-41(11-9-40)29(46)48-30(2,3)4)27(45)43-28(38-26(39-43)17-6-12-47-13-7-17)42(20)15-21(44)37-22-19(32)14-18(31(33,34)35)25-23(22)36-16-49-25/h6,14,16H,5,7-13,15H2,1-4H3,(H,37,44). The lowest BCUT2D eigenvalue weighted by Gasteiger charge is -2.37. The van der Waals surface area contributed by atoms with Crippen LogP contribution in [-0.4, -0.2) is 86.0 Å². The fraction of sp³-hybridized carbons (Fsp3) is 0.484. The highest BCUT2D eigenvalue weighted by molar-refractivity contribution is 7.17. The molecule has 0 radical (unpaired) electrons. The lowest BCUT2D eigenvalue weighted by Crippen LogP contribution is -2.51. The molecular formula is C31H34ClF3N8O5S. The number of piperazine rings is 1. The van der Waals surface area contributed by atoms with Crippen LogP contribution in [0.15, 0.2) is 22.4 Å². The lowest BCUT2D eigenvalue weighted by molar-refractivity contribution is -0.136. The molecule has 0 unspecified atom stereocenters. The number of nitrogens with zero attached hydrogens (tertiary/aromatic N) is 7. The number of anilines is 2. The summed E-state index contributed by atoms with van der Waals surface area (Å²) in [5.74, 6) is -0.196. The van der Waals surface area contributed by atoms with Crippen LogP contribution in [0.3, 0.4) is 0 Å². The van der Waals surface area contributed by atoms with Crippen molar-refractivity contribution in [3.63, 3.8) is 0 Å². The normalized spacial score (nSPS) is 16.0. The van der Waals surface area contributed by atoms with E-state index in [1.54, 1.807) is 30.2 Å². The molecule has 0 saturated carbocycles. The van der Waals surface area contributed by atoms with E-state index >= 15 is 0 Å². The third-order valence-electron chi connectivity index (χ3n) is 8.09. The number of benzene rings is 1. The first-order valence-electron chi connectivity index (χ1n) is 15.6. The second-order valence-electron chi connectivity index (χ2n) is 12.6. The number of nitrogens with one attached hydrogen (secondary N) is 1. The summed E-state index contributed by atoms with van der Waals surface area (Å²) in [6, 6.07) is 0.772. The van der Waals surface area contributed by atoms with E-state index in [4.69, 9.17) is 21.1 Å². The second kappa shape index (κ2) is 13.2. The van der Waals surface area contributed by atoms with Gasteiger partial charge < -0.3 is 29.2 Å². The number of rotatable bonds is 6. The van der Waals surface area contributed by atoms with Crippen LogP contribution in [0.2, 0.25) is 5.02 Å². The van der Waals surface area contributed by atoms with Crippen molar-refractivity contribution in [2.75, 3.05) is 49.6 Å². The van der Waals surface area contributed by atoms with E-state index in [2.05, 4.69) is 20.4 Å². The molecule has 0 aliphatic carbocycles. The number of fused-ring (bicyclic) bond motifs is 2. The zero-order valence-electron chi connectivity index (χ0n) is 27.2. The molecule has 5 heterocycles. The number of carbonyl (C=O) groups excluding carboxylic acids is 2. The first kappa shape index (κ1) is 34.6. The summed E-state index contributed by atoms with van der Waals surface area (Å²) in [6.07, 6.45) is -2.44. The number of amides is 2. The van der Waals surface area contributed by atoms with Gasteiger partial charge in [0, 0.05) is 26.2 Å². The summed E-state index contributed by atoms with van der Waals surface area (Å²) >= 11 is 7.08. The smallest absolute Gasteiger partial charge is 0.417 e. The number of alkyl halides is 3. The molecule has 4 aromatic rings. The Bertz CT molecular complexity index is 2030. The van der Waals surface area contributed by atoms with Gasteiger partial charge in [-0.05, 0) is 45.3 Å². The van der Waals surface area contributed by atoms with Crippen LogP contribution in [0.5, 0.6) is 0 Å². The minimum Gasteiger partial charge on any atom is -0.444 e. The van der Waals surface area contributed by atoms with Crippen molar-refractivity contribution in [1.82, 2.24) is 29.0 Å². The Morgan fingerprint density at radius 2 is 1.90 bits per heavy atom. The summed E-state index contributed by atoms with van der Waals surface area (Å²) < 4.78 is 54.7. The Hall–Kier alpha value is -4.22. The number of halogens is 4. The van der Waals surface area contributed by atoms with Gasteiger partial charge in [-0.25, -0.2) is 9.78 Å². The molecule has 18 heteroatoms. The molecule has 1 N–H and O–H groups in total. The van der Waals surface area contributed by atoms with Crippen LogP contribution < -0.4 is 15.8 Å². The Kier molecular flexibility index (Phi) is 9.36. The van der Waals surface area contributed by atoms with Crippen LogP contribution in [0.25, 0.3) is 21.6 Å². The molecule has 1 saturated heterocycles. The van der Waals surface area contributed by atoms with Crippen molar-refractivity contribution in [1.29, 1.82) is 0 Å². The fourth-order valence-electron chi connectivity index (χ4n) is 5.88. The molecule has 2 aliphatic heterocycles. The second-order valence-corrected chi connectivity index (χ2v) is 13.8. The summed E-state index contributed by atoms with van der Waals surface area (Å²) in [5.41, 5.74) is 0.659. The first-order valence-corrected chi connectivity index (χ1v) is 16.9. The largest absolute Gasteiger partial charge is 0.444 e. The summed E-state index contributed by atoms with van der Waals surface area (Å²) in [7, 11) is 0. The van der Waals surface area contributed by atoms with Crippen molar-refractivity contribution in [3.8, 4) is 0 Å². The van der Waals surface area contributed by atoms with E-state index in [0.717, 1.165) is 27.5 Å². The van der Waals surface area contributed by atoms with Crippen LogP contribution in [0.4, 0.5) is 29.3 Å². The van der Waals surface area contributed by atoms with Gasteiger partial charge in [-0.3, -0.25) is 9.59 Å². The number of hydrogen-bond acceptors (Lipinski definition) is 10. The zero-order chi connectivity index (χ0) is 35.2. The average molecular weight is 723 g/mol. The Morgan fingerprint density at radius 1 is 1.16 bits per heavy atom. The molecule has 49 heavy (non-hydrogen) atoms. The molecule has 6 rings (SSSR count). The highest BCUT2D eigenvalue weighted by atomic mass is 35.5. The van der Waals surface area contributed by atoms with Crippen molar-refractivity contribution in [2.24, 2.45) is 0 Å². The van der Waals surface area contributed by atoms with Crippen molar-refractivity contribution in [3.05, 3.63) is 50.1 Å². The number of aromatic nitrogens is 5. The van der Waals surface area contributed by atoms with Gasteiger partial charge in [0.05, 0.1) is 45.4 Å². The van der Waals surface area contributed by atoms with Gasteiger partial charge in [0.1, 0.15) is 23.3 Å². The Balaban J connectivity index is 1.39. The summed E-state index contributed by atoms with van der Waals surface area (Å²) in [4.78, 5) is 52.8. The van der Waals surface area contributed by atoms with E-state index in [0.29, 0.717) is 69.4 Å². The SMILES string of the molecule is CCc1c(N2CCN(C(=O)OC(C)(C)C)CC2)c(=O)n2nc(C3=CCOCC3)nc2n1CC(=O)Nc1c(Cl)cc(C(F)(F)F)c2scnc12. The maximum absolute atomic E-state index is 14.1. The molecule has 0 bridgehead atoms. The monoisotopic (exact) mass is 722 g/mol. The third kappa shape index (κ3) is 6.96. The first-order chi connectivity index (χ1) is 23.2.